The van der Waals surface area contributed by atoms with E-state index in [0.717, 1.165) is 22.5 Å². The zero-order chi connectivity index (χ0) is 38.6. The van der Waals surface area contributed by atoms with E-state index in [1.807, 2.05) is 36.4 Å². The van der Waals surface area contributed by atoms with Crippen LogP contribution >= 0.6 is 0 Å². The molecule has 59 heavy (non-hydrogen) atoms. The summed E-state index contributed by atoms with van der Waals surface area (Å²) < 4.78 is 4.93. The minimum absolute atomic E-state index is 0.0501. The number of hydrogen-bond donors (Lipinski definition) is 0. The first-order chi connectivity index (χ1) is 29.3. The van der Waals surface area contributed by atoms with E-state index < -0.39 is 0 Å². The minimum Gasteiger partial charge on any atom is -0.331 e. The largest absolute Gasteiger partial charge is 0.331 e. The first-order valence-electron chi connectivity index (χ1n) is 20.2. The molecule has 6 heterocycles. The van der Waals surface area contributed by atoms with Crippen molar-refractivity contribution in [3.8, 4) is 39.6 Å². The van der Waals surface area contributed by atoms with Gasteiger partial charge in [0.25, 0.3) is 0 Å². The van der Waals surface area contributed by atoms with Crippen LogP contribution in [0.1, 0.15) is 17.5 Å². The smallest absolute Gasteiger partial charge is 0.238 e. The van der Waals surface area contributed by atoms with Gasteiger partial charge in [-0.2, -0.15) is 9.97 Å². The maximum Gasteiger partial charge on any atom is 0.238 e. The fourth-order valence-electron chi connectivity index (χ4n) is 9.96. The number of rotatable bonds is 5. The highest BCUT2D eigenvalue weighted by molar-refractivity contribution is 6.10. The zero-order valence-electron chi connectivity index (χ0n) is 31.8. The van der Waals surface area contributed by atoms with Crippen LogP contribution in [0.5, 0.6) is 0 Å². The first kappa shape index (κ1) is 32.3. The molecule has 2 atom stereocenters. The van der Waals surface area contributed by atoms with Crippen molar-refractivity contribution >= 4 is 56.0 Å². The molecule has 3 aromatic heterocycles. The molecule has 0 saturated carbocycles. The average molecular weight is 755 g/mol. The van der Waals surface area contributed by atoms with Gasteiger partial charge in [0.1, 0.15) is 0 Å². The number of nitrogens with zero attached hydrogens (tertiary/aromatic N) is 6. The predicted octanol–water partition coefficient (Wildman–Crippen LogP) is 10.9. The predicted molar refractivity (Wildman–Crippen MR) is 239 cm³/mol. The van der Waals surface area contributed by atoms with Gasteiger partial charge in [-0.25, -0.2) is 4.98 Å². The maximum atomic E-state index is 5.31. The highest BCUT2D eigenvalue weighted by atomic mass is 15.3. The summed E-state index contributed by atoms with van der Waals surface area (Å²) >= 11 is 0. The summed E-state index contributed by atoms with van der Waals surface area (Å²) in [6.07, 6.45) is 6.87. The molecule has 13 rings (SSSR count). The van der Waals surface area contributed by atoms with Gasteiger partial charge < -0.3 is 9.13 Å². The lowest BCUT2D eigenvalue weighted by molar-refractivity contribution is 0.576. The molecule has 10 aromatic rings. The molecule has 0 fully saturated rings. The highest BCUT2D eigenvalue weighted by Crippen LogP contribution is 2.55. The summed E-state index contributed by atoms with van der Waals surface area (Å²) in [6, 6.07) is 62.7. The van der Waals surface area contributed by atoms with Gasteiger partial charge in [-0.15, -0.1) is 0 Å². The minimum atomic E-state index is 0.0501. The molecule has 3 aliphatic heterocycles. The lowest BCUT2D eigenvalue weighted by Crippen LogP contribution is -2.30. The van der Waals surface area contributed by atoms with Crippen LogP contribution in [0.25, 0.3) is 83.9 Å². The second-order valence-corrected chi connectivity index (χ2v) is 15.6. The third kappa shape index (κ3) is 4.65. The first-order valence-corrected chi connectivity index (χ1v) is 20.2. The molecule has 0 N–H and O–H groups in total. The van der Waals surface area contributed by atoms with Crippen LogP contribution < -0.4 is 15.6 Å². The second kappa shape index (κ2) is 12.3. The molecule has 0 aliphatic carbocycles. The SMILES string of the molecule is C1=CC2C3C(=c4c5ccccc5c(n42)=C1)N(c1nc(-c2ccccc2)nc(-c2ccccc2)n1)c1ccc(-c2ccc4c(c2)c2ccccc2n4-c2ccccc2)cc13. The molecule has 7 aromatic carbocycles. The number of anilines is 2. The summed E-state index contributed by atoms with van der Waals surface area (Å²) in [5.74, 6) is 1.96. The average Bonchev–Trinajstić information content (AvgIpc) is 4.03. The van der Waals surface area contributed by atoms with Crippen molar-refractivity contribution in [2.75, 3.05) is 4.90 Å². The molecule has 276 valence electrons. The summed E-state index contributed by atoms with van der Waals surface area (Å²) in [4.78, 5) is 18.0. The number of allylic oxidation sites excluding steroid dienone is 2. The standard InChI is InChI=1S/C53H34N6/c1-4-15-33(16-5-1)51-54-52(34-17-6-2-7-18-34)56-53(55-51)59-46-30-28-36(32-42(46)48-47-26-14-25-44-38-21-10-11-23-40(38)49(50(48)59)58(44)47)35-27-29-45-41(31-35)39-22-12-13-24-43(39)57(45)37-19-8-3-9-20-37/h1-32,47-48H. The second-order valence-electron chi connectivity index (χ2n) is 15.6. The lowest BCUT2D eigenvalue weighted by Gasteiger charge is -2.21. The molecule has 6 heteroatoms. The zero-order valence-corrected chi connectivity index (χ0v) is 31.8. The topological polar surface area (TPSA) is 51.8 Å². The van der Waals surface area contributed by atoms with E-state index in [4.69, 9.17) is 15.0 Å². The van der Waals surface area contributed by atoms with Crippen molar-refractivity contribution in [1.82, 2.24) is 24.1 Å². The van der Waals surface area contributed by atoms with Crippen molar-refractivity contribution in [3.63, 3.8) is 0 Å². The molecule has 0 radical (unpaired) electrons. The van der Waals surface area contributed by atoms with Gasteiger partial charge in [0.2, 0.25) is 5.95 Å². The molecular formula is C53H34N6. The monoisotopic (exact) mass is 754 g/mol. The highest BCUT2D eigenvalue weighted by Gasteiger charge is 2.47. The molecule has 6 nitrogen and oxygen atoms in total. The van der Waals surface area contributed by atoms with Gasteiger partial charge in [0.05, 0.1) is 39.7 Å². The summed E-state index contributed by atoms with van der Waals surface area (Å²) in [6.45, 7) is 0. The van der Waals surface area contributed by atoms with Crippen molar-refractivity contribution < 1.29 is 0 Å². The van der Waals surface area contributed by atoms with Gasteiger partial charge in [-0.05, 0) is 65.2 Å². The third-order valence-electron chi connectivity index (χ3n) is 12.5. The Bertz CT molecular complexity index is 3450. The van der Waals surface area contributed by atoms with Crippen LogP contribution in [-0.4, -0.2) is 24.1 Å². The van der Waals surface area contributed by atoms with E-state index in [9.17, 15) is 0 Å². The van der Waals surface area contributed by atoms with Crippen molar-refractivity contribution in [2.45, 2.75) is 12.0 Å². The van der Waals surface area contributed by atoms with Crippen LogP contribution in [-0.2, 0) is 0 Å². The molecule has 0 saturated heterocycles. The number of aromatic nitrogens is 5. The quantitative estimate of drug-likeness (QED) is 0.176. The van der Waals surface area contributed by atoms with Crippen LogP contribution in [0.2, 0.25) is 0 Å². The van der Waals surface area contributed by atoms with Gasteiger partial charge in [0.15, 0.2) is 11.6 Å². The van der Waals surface area contributed by atoms with Crippen LogP contribution in [0, 0.1) is 0 Å². The maximum absolute atomic E-state index is 5.31. The van der Waals surface area contributed by atoms with Gasteiger partial charge in [0, 0.05) is 43.7 Å². The molecule has 0 bridgehead atoms. The van der Waals surface area contributed by atoms with E-state index in [0.29, 0.717) is 17.6 Å². The number of hydrogen-bond acceptors (Lipinski definition) is 4. The Morgan fingerprint density at radius 2 is 1.08 bits per heavy atom. The Labute approximate surface area is 339 Å². The van der Waals surface area contributed by atoms with E-state index in [1.165, 1.54) is 65.7 Å². The van der Waals surface area contributed by atoms with E-state index in [-0.39, 0.29) is 12.0 Å². The molecule has 3 aliphatic rings. The number of benzene rings is 7. The Hall–Kier alpha value is -7.83. The summed E-state index contributed by atoms with van der Waals surface area (Å²) in [7, 11) is 0. The van der Waals surface area contributed by atoms with Crippen LogP contribution in [0.15, 0.2) is 188 Å². The van der Waals surface area contributed by atoms with Gasteiger partial charge in [-0.3, -0.25) is 4.90 Å². The van der Waals surface area contributed by atoms with E-state index in [2.05, 4.69) is 172 Å². The Kier molecular flexibility index (Phi) is 6.75. The van der Waals surface area contributed by atoms with Gasteiger partial charge >= 0.3 is 0 Å². The fraction of sp³-hybridized carbons (Fsp3) is 0.0377. The number of fused-ring (bicyclic) bond motifs is 10. The number of para-hydroxylation sites is 2. The normalized spacial score (nSPS) is 16.1. The van der Waals surface area contributed by atoms with Crippen LogP contribution in [0.4, 0.5) is 11.6 Å². The molecule has 0 amide bonds. The third-order valence-corrected chi connectivity index (χ3v) is 12.5. The molecule has 2 unspecified atom stereocenters. The van der Waals surface area contributed by atoms with E-state index in [1.54, 1.807) is 0 Å². The summed E-state index contributed by atoms with van der Waals surface area (Å²) in [5.41, 5.74) is 11.4. The Morgan fingerprint density at radius 3 is 1.83 bits per heavy atom. The van der Waals surface area contributed by atoms with Crippen LogP contribution in [0.3, 0.4) is 0 Å². The van der Waals surface area contributed by atoms with E-state index >= 15 is 0 Å². The molecule has 0 spiro atoms. The Balaban J connectivity index is 1.06. The van der Waals surface area contributed by atoms with Gasteiger partial charge in [-0.1, -0.05) is 146 Å². The lowest BCUT2D eigenvalue weighted by atomic mass is 9.89. The van der Waals surface area contributed by atoms with Crippen molar-refractivity contribution in [2.24, 2.45) is 0 Å². The fourth-order valence-corrected chi connectivity index (χ4v) is 9.96. The van der Waals surface area contributed by atoms with Crippen molar-refractivity contribution in [3.05, 3.63) is 204 Å². The molecular weight excluding hydrogens is 721 g/mol. The Morgan fingerprint density at radius 1 is 0.475 bits per heavy atom. The summed E-state index contributed by atoms with van der Waals surface area (Å²) in [5, 5.41) is 7.45. The van der Waals surface area contributed by atoms with Crippen molar-refractivity contribution in [1.29, 1.82) is 0 Å².